The highest BCUT2D eigenvalue weighted by molar-refractivity contribution is 6.05. The van der Waals surface area contributed by atoms with Crippen LogP contribution < -0.4 is 15.0 Å². The summed E-state index contributed by atoms with van der Waals surface area (Å²) < 4.78 is 5.28. The van der Waals surface area contributed by atoms with Crippen molar-refractivity contribution < 1.29 is 14.3 Å². The van der Waals surface area contributed by atoms with Crippen molar-refractivity contribution in [2.45, 2.75) is 31.7 Å². The normalized spacial score (nSPS) is 19.8. The smallest absolute Gasteiger partial charge is 0.224 e. The molecule has 0 saturated carbocycles. The van der Waals surface area contributed by atoms with E-state index in [-0.39, 0.29) is 17.6 Å². The van der Waals surface area contributed by atoms with Gasteiger partial charge in [-0.3, -0.25) is 19.5 Å². The fourth-order valence-electron chi connectivity index (χ4n) is 4.90. The predicted octanol–water partition coefficient (Wildman–Crippen LogP) is 5.01. The van der Waals surface area contributed by atoms with Gasteiger partial charge in [0.15, 0.2) is 5.78 Å². The van der Waals surface area contributed by atoms with Crippen LogP contribution in [0.2, 0.25) is 0 Å². The predicted molar refractivity (Wildman–Crippen MR) is 127 cm³/mol. The third-order valence-electron chi connectivity index (χ3n) is 6.42. The lowest BCUT2D eigenvalue weighted by Gasteiger charge is -2.34. The molecule has 1 amide bonds. The Bertz CT molecular complexity index is 1230. The zero-order valence-electron chi connectivity index (χ0n) is 18.6. The number of nitrogens with zero attached hydrogens (tertiary/aromatic N) is 2. The number of carbonyl (C=O) groups excluding carboxylic acids is 2. The molecule has 2 heterocycles. The van der Waals surface area contributed by atoms with Crippen LogP contribution in [0.25, 0.3) is 0 Å². The summed E-state index contributed by atoms with van der Waals surface area (Å²) in [5.41, 5.74) is 4.97. The number of rotatable bonds is 3. The molecular weight excluding hydrogens is 414 g/mol. The van der Waals surface area contributed by atoms with Gasteiger partial charge in [0.25, 0.3) is 0 Å². The van der Waals surface area contributed by atoms with E-state index in [1.165, 1.54) is 0 Å². The van der Waals surface area contributed by atoms with E-state index in [9.17, 15) is 9.59 Å². The van der Waals surface area contributed by atoms with E-state index in [1.807, 2.05) is 60.7 Å². The number of Topliss-reactive ketones (excluding diaryl/α,β-unsaturated/α-hetero) is 1. The molecule has 6 nitrogen and oxygen atoms in total. The summed E-state index contributed by atoms with van der Waals surface area (Å²) in [6.45, 7) is 1.54. The number of hydrogen-bond acceptors (Lipinski definition) is 5. The molecule has 1 aromatic heterocycles. The Morgan fingerprint density at radius 3 is 2.52 bits per heavy atom. The number of pyridine rings is 1. The SMILES string of the molecule is COc1ccc([C@@H]2CC(=O)C3=C(C2)Nc2ccccc2N(C(C)=O)[C@@H]3c2cccnc2)cc1. The van der Waals surface area contributed by atoms with Crippen molar-refractivity contribution in [1.82, 2.24) is 4.98 Å². The molecule has 0 fully saturated rings. The van der Waals surface area contributed by atoms with Crippen molar-refractivity contribution in [3.63, 3.8) is 0 Å². The molecule has 5 rings (SSSR count). The summed E-state index contributed by atoms with van der Waals surface area (Å²) in [4.78, 5) is 32.7. The highest BCUT2D eigenvalue weighted by atomic mass is 16.5. The van der Waals surface area contributed by atoms with Crippen molar-refractivity contribution in [1.29, 1.82) is 0 Å². The van der Waals surface area contributed by atoms with Crippen LogP contribution in [0.1, 0.15) is 42.9 Å². The summed E-state index contributed by atoms with van der Waals surface area (Å²) >= 11 is 0. The number of benzene rings is 2. The molecule has 6 heteroatoms. The number of carbonyl (C=O) groups is 2. The molecular formula is C27H25N3O3. The first-order chi connectivity index (χ1) is 16.1. The van der Waals surface area contributed by atoms with Crippen molar-refractivity contribution >= 4 is 23.1 Å². The minimum absolute atomic E-state index is 0.0393. The van der Waals surface area contributed by atoms with Crippen LogP contribution in [0.4, 0.5) is 11.4 Å². The monoisotopic (exact) mass is 439 g/mol. The second-order valence-electron chi connectivity index (χ2n) is 8.41. The molecule has 1 aliphatic heterocycles. The van der Waals surface area contributed by atoms with Crippen LogP contribution in [0.15, 0.2) is 84.3 Å². The van der Waals surface area contributed by atoms with Gasteiger partial charge in [-0.1, -0.05) is 30.3 Å². The van der Waals surface area contributed by atoms with Gasteiger partial charge in [-0.05, 0) is 53.8 Å². The maximum atomic E-state index is 13.7. The maximum Gasteiger partial charge on any atom is 0.224 e. The molecule has 2 atom stereocenters. The van der Waals surface area contributed by atoms with Crippen LogP contribution >= 0.6 is 0 Å². The van der Waals surface area contributed by atoms with Crippen molar-refractivity contribution in [2.24, 2.45) is 0 Å². The van der Waals surface area contributed by atoms with E-state index < -0.39 is 6.04 Å². The van der Waals surface area contributed by atoms with E-state index >= 15 is 0 Å². The molecule has 0 radical (unpaired) electrons. The zero-order chi connectivity index (χ0) is 22.9. The molecule has 0 saturated heterocycles. The summed E-state index contributed by atoms with van der Waals surface area (Å²) in [6.07, 6.45) is 4.49. The third kappa shape index (κ3) is 3.78. The Balaban J connectivity index is 1.66. The van der Waals surface area contributed by atoms with Crippen LogP contribution in [0.5, 0.6) is 5.75 Å². The first-order valence-corrected chi connectivity index (χ1v) is 11.0. The number of ketones is 1. The molecule has 1 N–H and O–H groups in total. The van der Waals surface area contributed by atoms with E-state index in [4.69, 9.17) is 4.74 Å². The quantitative estimate of drug-likeness (QED) is 0.621. The number of nitrogens with one attached hydrogen (secondary N) is 1. The van der Waals surface area contributed by atoms with Gasteiger partial charge in [-0.25, -0.2) is 0 Å². The van der Waals surface area contributed by atoms with Gasteiger partial charge in [0.1, 0.15) is 5.75 Å². The fourth-order valence-corrected chi connectivity index (χ4v) is 4.90. The van der Waals surface area contributed by atoms with E-state index in [0.717, 1.165) is 33.9 Å². The van der Waals surface area contributed by atoms with Crippen LogP contribution in [-0.2, 0) is 9.59 Å². The van der Waals surface area contributed by atoms with Gasteiger partial charge in [-0.2, -0.15) is 0 Å². The molecule has 0 bridgehead atoms. The molecule has 0 unspecified atom stereocenters. The summed E-state index contributed by atoms with van der Waals surface area (Å²) in [7, 11) is 1.64. The second-order valence-corrected chi connectivity index (χ2v) is 8.41. The average Bonchev–Trinajstić information content (AvgIpc) is 2.99. The number of amides is 1. The number of allylic oxidation sites excluding steroid dienone is 1. The standard InChI is InChI=1S/C27H25N3O3/c1-17(31)30-24-8-4-3-7-22(24)29-23-14-20(18-9-11-21(33-2)12-10-18)15-25(32)26(23)27(30)19-6-5-13-28-16-19/h3-13,16,20,27,29H,14-15H2,1-2H3/t20-,27+/m0/s1. The molecule has 3 aromatic rings. The lowest BCUT2D eigenvalue weighted by atomic mass is 9.78. The van der Waals surface area contributed by atoms with Crippen molar-refractivity contribution in [3.05, 3.63) is 95.5 Å². The molecule has 166 valence electrons. The first kappa shape index (κ1) is 20.9. The molecule has 33 heavy (non-hydrogen) atoms. The maximum absolute atomic E-state index is 13.7. The Morgan fingerprint density at radius 1 is 1.03 bits per heavy atom. The van der Waals surface area contributed by atoms with Gasteiger partial charge in [0.2, 0.25) is 5.91 Å². The second kappa shape index (κ2) is 8.54. The van der Waals surface area contributed by atoms with Crippen molar-refractivity contribution in [3.8, 4) is 5.75 Å². The zero-order valence-corrected chi connectivity index (χ0v) is 18.6. The van der Waals surface area contributed by atoms with Crippen molar-refractivity contribution in [2.75, 3.05) is 17.3 Å². The number of fused-ring (bicyclic) bond motifs is 1. The summed E-state index contributed by atoms with van der Waals surface area (Å²) in [5.74, 6) is 0.741. The number of para-hydroxylation sites is 2. The minimum Gasteiger partial charge on any atom is -0.497 e. The van der Waals surface area contributed by atoms with Crippen LogP contribution in [0, 0.1) is 0 Å². The van der Waals surface area contributed by atoms with Gasteiger partial charge < -0.3 is 10.1 Å². The fraction of sp³-hybridized carbons (Fsp3) is 0.222. The number of hydrogen-bond donors (Lipinski definition) is 1. The highest BCUT2D eigenvalue weighted by Crippen LogP contribution is 2.47. The van der Waals surface area contributed by atoms with Crippen LogP contribution in [-0.4, -0.2) is 23.8 Å². The lowest BCUT2D eigenvalue weighted by molar-refractivity contribution is -0.117. The molecule has 2 aliphatic rings. The number of anilines is 2. The Labute approximate surface area is 192 Å². The number of methoxy groups -OCH3 is 1. The molecule has 0 spiro atoms. The Morgan fingerprint density at radius 2 is 1.82 bits per heavy atom. The van der Waals surface area contributed by atoms with Gasteiger partial charge in [0.05, 0.1) is 24.5 Å². The number of aromatic nitrogens is 1. The van der Waals surface area contributed by atoms with E-state index in [1.54, 1.807) is 31.3 Å². The summed E-state index contributed by atoms with van der Waals surface area (Å²) in [6, 6.07) is 18.8. The first-order valence-electron chi connectivity index (χ1n) is 11.0. The number of ether oxygens (including phenoxy) is 1. The van der Waals surface area contributed by atoms with Gasteiger partial charge >= 0.3 is 0 Å². The molecule has 1 aliphatic carbocycles. The average molecular weight is 440 g/mol. The minimum atomic E-state index is -0.535. The van der Waals surface area contributed by atoms with Gasteiger partial charge in [-0.15, -0.1) is 0 Å². The van der Waals surface area contributed by atoms with E-state index in [0.29, 0.717) is 18.4 Å². The molecule has 2 aromatic carbocycles. The van der Waals surface area contributed by atoms with Gasteiger partial charge in [0, 0.05) is 37.0 Å². The summed E-state index contributed by atoms with van der Waals surface area (Å²) in [5, 5.41) is 3.52. The third-order valence-corrected chi connectivity index (χ3v) is 6.42. The highest BCUT2D eigenvalue weighted by Gasteiger charge is 2.40. The topological polar surface area (TPSA) is 71.5 Å². The lowest BCUT2D eigenvalue weighted by Crippen LogP contribution is -2.37. The largest absolute Gasteiger partial charge is 0.497 e. The van der Waals surface area contributed by atoms with E-state index in [2.05, 4.69) is 10.3 Å². The Hall–Kier alpha value is -3.93. The Kier molecular flexibility index (Phi) is 5.42. The van der Waals surface area contributed by atoms with Crippen LogP contribution in [0.3, 0.4) is 0 Å².